The number of rotatable bonds is 14. The zero-order valence-corrected chi connectivity index (χ0v) is 21.9. The zero-order chi connectivity index (χ0) is 24.2. The summed E-state index contributed by atoms with van der Waals surface area (Å²) in [6, 6.07) is 19.4. The van der Waals surface area contributed by atoms with E-state index in [4.69, 9.17) is 9.47 Å². The molecule has 0 aliphatic heterocycles. The maximum absolute atomic E-state index is 6.74. The largest absolute Gasteiger partial charge is 0.494 e. The van der Waals surface area contributed by atoms with Gasteiger partial charge in [0.05, 0.1) is 6.61 Å². The molecule has 1 atom stereocenters. The number of unbranched alkanes of at least 4 members (excludes halogenated alkanes) is 6. The van der Waals surface area contributed by atoms with Gasteiger partial charge in [-0.15, -0.1) is 0 Å². The van der Waals surface area contributed by atoms with Crippen LogP contribution in [0, 0.1) is 0 Å². The quantitative estimate of drug-likeness (QED) is 0.261. The van der Waals surface area contributed by atoms with Crippen LogP contribution in [0.25, 0.3) is 5.57 Å². The highest BCUT2D eigenvalue weighted by Crippen LogP contribution is 2.46. The van der Waals surface area contributed by atoms with Crippen LogP contribution in [0.1, 0.15) is 96.6 Å². The molecule has 1 aliphatic carbocycles. The number of benzene rings is 2. The molecule has 0 aromatic heterocycles. The standard InChI is InChI=1S/C32H44O2/c1-5-7-9-14-22-33-30-20-18-28(19-21-30)31-24-27(4)32(25-26(31)3,29-16-12-11-13-17-29)34-23-15-10-8-6-2/h11-13,16-21,24H,5-10,14-15,22-23,25H2,1-4H3. The molecule has 1 unspecified atom stereocenters. The van der Waals surface area contributed by atoms with E-state index in [1.54, 1.807) is 0 Å². The molecule has 1 aliphatic rings. The second kappa shape index (κ2) is 13.5. The molecule has 2 heteroatoms. The van der Waals surface area contributed by atoms with E-state index in [2.05, 4.69) is 88.4 Å². The van der Waals surface area contributed by atoms with Gasteiger partial charge in [-0.2, -0.15) is 0 Å². The van der Waals surface area contributed by atoms with Crippen molar-refractivity contribution in [2.45, 2.75) is 91.1 Å². The van der Waals surface area contributed by atoms with Gasteiger partial charge < -0.3 is 9.47 Å². The normalized spacial score (nSPS) is 18.2. The van der Waals surface area contributed by atoms with Crippen LogP contribution >= 0.6 is 0 Å². The fraction of sp³-hybridized carbons (Fsp3) is 0.500. The summed E-state index contributed by atoms with van der Waals surface area (Å²) in [7, 11) is 0. The fourth-order valence-corrected chi connectivity index (χ4v) is 4.90. The summed E-state index contributed by atoms with van der Waals surface area (Å²) in [4.78, 5) is 0. The van der Waals surface area contributed by atoms with Gasteiger partial charge in [-0.1, -0.05) is 106 Å². The summed E-state index contributed by atoms with van der Waals surface area (Å²) in [5, 5.41) is 0. The highest BCUT2D eigenvalue weighted by Gasteiger charge is 2.38. The predicted octanol–water partition coefficient (Wildman–Crippen LogP) is 9.26. The van der Waals surface area contributed by atoms with Gasteiger partial charge in [0.1, 0.15) is 11.4 Å². The van der Waals surface area contributed by atoms with Crippen molar-refractivity contribution < 1.29 is 9.47 Å². The maximum atomic E-state index is 6.74. The van der Waals surface area contributed by atoms with Crippen molar-refractivity contribution in [3.05, 3.63) is 82.9 Å². The molecule has 2 aromatic rings. The molecule has 2 nitrogen and oxygen atoms in total. The van der Waals surface area contributed by atoms with Crippen molar-refractivity contribution >= 4 is 5.57 Å². The van der Waals surface area contributed by atoms with E-state index in [0.717, 1.165) is 38.2 Å². The smallest absolute Gasteiger partial charge is 0.119 e. The van der Waals surface area contributed by atoms with Crippen molar-refractivity contribution in [2.75, 3.05) is 13.2 Å². The molecule has 0 saturated carbocycles. The molecule has 34 heavy (non-hydrogen) atoms. The van der Waals surface area contributed by atoms with Gasteiger partial charge in [-0.25, -0.2) is 0 Å². The lowest BCUT2D eigenvalue weighted by Crippen LogP contribution is -2.34. The summed E-state index contributed by atoms with van der Waals surface area (Å²) in [6.07, 6.45) is 13.0. The summed E-state index contributed by atoms with van der Waals surface area (Å²) in [5.41, 5.74) is 6.10. The van der Waals surface area contributed by atoms with Crippen molar-refractivity contribution in [2.24, 2.45) is 0 Å². The number of hydrogen-bond acceptors (Lipinski definition) is 2. The number of ether oxygens (including phenoxy) is 2. The lowest BCUT2D eigenvalue weighted by atomic mass is 9.75. The Balaban J connectivity index is 1.74. The Bertz CT molecular complexity index is 923. The average Bonchev–Trinajstić information content (AvgIpc) is 2.86. The summed E-state index contributed by atoms with van der Waals surface area (Å²) < 4.78 is 12.7. The van der Waals surface area contributed by atoms with Crippen LogP contribution in [0.5, 0.6) is 5.75 Å². The van der Waals surface area contributed by atoms with E-state index < -0.39 is 0 Å². The first-order valence-corrected chi connectivity index (χ1v) is 13.4. The van der Waals surface area contributed by atoms with Gasteiger partial charge >= 0.3 is 0 Å². The molecule has 0 amide bonds. The first-order chi connectivity index (χ1) is 16.6. The third-order valence-corrected chi connectivity index (χ3v) is 6.99. The summed E-state index contributed by atoms with van der Waals surface area (Å²) in [6.45, 7) is 10.6. The van der Waals surface area contributed by atoms with Crippen LogP contribution in [0.2, 0.25) is 0 Å². The van der Waals surface area contributed by atoms with Crippen molar-refractivity contribution in [1.82, 2.24) is 0 Å². The van der Waals surface area contributed by atoms with Crippen LogP contribution in [0.15, 0.2) is 71.8 Å². The Morgan fingerprint density at radius 3 is 2.03 bits per heavy atom. The SMILES string of the molecule is CCCCCCOc1ccc(C2=C(C)CC(OCCCCCC)(c3ccccc3)C(C)=C2)cc1. The number of hydrogen-bond donors (Lipinski definition) is 0. The molecule has 0 heterocycles. The molecule has 0 bridgehead atoms. The van der Waals surface area contributed by atoms with E-state index in [9.17, 15) is 0 Å². The van der Waals surface area contributed by atoms with Crippen LogP contribution in [-0.2, 0) is 10.3 Å². The fourth-order valence-electron chi connectivity index (χ4n) is 4.90. The average molecular weight is 461 g/mol. The van der Waals surface area contributed by atoms with Gasteiger partial charge in [0, 0.05) is 13.0 Å². The maximum Gasteiger partial charge on any atom is 0.119 e. The van der Waals surface area contributed by atoms with Crippen molar-refractivity contribution in [3.63, 3.8) is 0 Å². The van der Waals surface area contributed by atoms with Gasteiger partial charge in [-0.05, 0) is 61.1 Å². The molecular weight excluding hydrogens is 416 g/mol. The van der Waals surface area contributed by atoms with Gasteiger partial charge in [0.15, 0.2) is 0 Å². The van der Waals surface area contributed by atoms with Gasteiger partial charge in [0.25, 0.3) is 0 Å². The summed E-state index contributed by atoms with van der Waals surface area (Å²) >= 11 is 0. The minimum atomic E-state index is -0.372. The van der Waals surface area contributed by atoms with Crippen LogP contribution in [-0.4, -0.2) is 13.2 Å². The monoisotopic (exact) mass is 460 g/mol. The van der Waals surface area contributed by atoms with E-state index in [1.165, 1.54) is 66.4 Å². The molecule has 184 valence electrons. The first-order valence-electron chi connectivity index (χ1n) is 13.4. The van der Waals surface area contributed by atoms with Crippen molar-refractivity contribution in [3.8, 4) is 5.75 Å². The molecule has 0 radical (unpaired) electrons. The van der Waals surface area contributed by atoms with Gasteiger partial charge in [0.2, 0.25) is 0 Å². The first kappa shape index (κ1) is 26.3. The molecule has 0 spiro atoms. The van der Waals surface area contributed by atoms with E-state index >= 15 is 0 Å². The Labute approximate surface area is 208 Å². The minimum Gasteiger partial charge on any atom is -0.494 e. The molecule has 0 N–H and O–H groups in total. The molecule has 0 fully saturated rings. The third-order valence-electron chi connectivity index (χ3n) is 6.99. The second-order valence-corrected chi connectivity index (χ2v) is 9.73. The predicted molar refractivity (Wildman–Crippen MR) is 145 cm³/mol. The topological polar surface area (TPSA) is 18.5 Å². The van der Waals surface area contributed by atoms with E-state index in [-0.39, 0.29) is 5.60 Å². The molecular formula is C32H44O2. The lowest BCUT2D eigenvalue weighted by molar-refractivity contribution is -0.0241. The Hall–Kier alpha value is -2.32. The van der Waals surface area contributed by atoms with Gasteiger partial charge in [-0.3, -0.25) is 0 Å². The molecule has 3 rings (SSSR count). The zero-order valence-electron chi connectivity index (χ0n) is 21.9. The molecule has 0 saturated heterocycles. The second-order valence-electron chi connectivity index (χ2n) is 9.73. The van der Waals surface area contributed by atoms with Crippen molar-refractivity contribution in [1.29, 1.82) is 0 Å². The van der Waals surface area contributed by atoms with Crippen LogP contribution in [0.3, 0.4) is 0 Å². The number of allylic oxidation sites excluding steroid dienone is 2. The third kappa shape index (κ3) is 6.85. The highest BCUT2D eigenvalue weighted by atomic mass is 16.5. The lowest BCUT2D eigenvalue weighted by Gasteiger charge is -2.39. The Morgan fingerprint density at radius 2 is 1.38 bits per heavy atom. The Morgan fingerprint density at radius 1 is 0.735 bits per heavy atom. The Kier molecular flexibility index (Phi) is 10.5. The minimum absolute atomic E-state index is 0.372. The van der Waals surface area contributed by atoms with E-state index in [0.29, 0.717) is 0 Å². The summed E-state index contributed by atoms with van der Waals surface area (Å²) in [5.74, 6) is 0.962. The van der Waals surface area contributed by atoms with Crippen LogP contribution in [0.4, 0.5) is 0 Å². The van der Waals surface area contributed by atoms with Crippen LogP contribution < -0.4 is 4.74 Å². The highest BCUT2D eigenvalue weighted by molar-refractivity contribution is 5.79. The molecule has 2 aromatic carbocycles. The van der Waals surface area contributed by atoms with E-state index in [1.807, 2.05) is 0 Å².